The molecule has 0 aliphatic rings. The van der Waals surface area contributed by atoms with Crippen molar-refractivity contribution in [3.8, 4) is 40.2 Å². The number of fused-ring (bicyclic) bond motifs is 2. The lowest BCUT2D eigenvalue weighted by Gasteiger charge is -2.25. The molecule has 5 N–H and O–H groups in total. The first kappa shape index (κ1) is 63.3. The molecule has 0 unspecified atom stereocenters. The number of carbonyl (C=O) groups excluding carboxylic acids is 2. The van der Waals surface area contributed by atoms with E-state index < -0.39 is 10.8 Å². The number of hydrogen-bond acceptors (Lipinski definition) is 9. The third kappa shape index (κ3) is 17.8. The molecule has 410 valence electrons. The minimum absolute atomic E-state index is 0.146. The van der Waals surface area contributed by atoms with E-state index in [4.69, 9.17) is 14.6 Å². The number of ether oxygens (including phenoxy) is 2. The molecule has 7 rings (SSSR count). The Balaban J connectivity index is 0.000000251. The number of benzene rings is 7. The van der Waals surface area contributed by atoms with Crippen molar-refractivity contribution in [2.24, 2.45) is 10.8 Å². The second-order valence-corrected chi connectivity index (χ2v) is 22.8. The molecule has 0 radical (unpaired) electrons. The summed E-state index contributed by atoms with van der Waals surface area (Å²) in [5, 5.41) is 51.3. The number of aryl methyl sites for hydroxylation is 2. The molecule has 0 aromatic heterocycles. The molecule has 9 heteroatoms. The van der Waals surface area contributed by atoms with Crippen LogP contribution in [-0.4, -0.2) is 37.5 Å². The lowest BCUT2D eigenvalue weighted by Crippen LogP contribution is -2.28. The summed E-state index contributed by atoms with van der Waals surface area (Å²) in [4.78, 5) is 23.4. The lowest BCUT2D eigenvalue weighted by atomic mass is 9.79. The highest BCUT2D eigenvalue weighted by molar-refractivity contribution is 5.91. The second kappa shape index (κ2) is 27.2. The van der Waals surface area contributed by atoms with Crippen molar-refractivity contribution in [1.29, 1.82) is 0 Å². The fourth-order valence-electron chi connectivity index (χ4n) is 7.50. The van der Waals surface area contributed by atoms with Crippen LogP contribution in [0.5, 0.6) is 40.2 Å². The summed E-state index contributed by atoms with van der Waals surface area (Å²) in [6.45, 7) is 35.1. The molecule has 0 heterocycles. The highest BCUT2D eigenvalue weighted by Crippen LogP contribution is 2.37. The van der Waals surface area contributed by atoms with E-state index in [1.807, 2.05) is 90.9 Å². The number of phenols is 5. The Morgan fingerprint density at radius 3 is 1.36 bits per heavy atom. The van der Waals surface area contributed by atoms with Gasteiger partial charge in [-0.1, -0.05) is 137 Å². The Labute approximate surface area is 454 Å². The summed E-state index contributed by atoms with van der Waals surface area (Å²) in [6.07, 6.45) is 4.77. The van der Waals surface area contributed by atoms with E-state index in [9.17, 15) is 30.0 Å². The van der Waals surface area contributed by atoms with Gasteiger partial charge in [-0.3, -0.25) is 9.59 Å². The highest BCUT2D eigenvalue weighted by atomic mass is 16.5. The van der Waals surface area contributed by atoms with Gasteiger partial charge in [0.25, 0.3) is 0 Å². The van der Waals surface area contributed by atoms with Gasteiger partial charge in [-0.2, -0.15) is 0 Å². The van der Waals surface area contributed by atoms with Crippen molar-refractivity contribution in [2.75, 3.05) is 0 Å². The first-order valence-electron chi connectivity index (χ1n) is 26.7. The van der Waals surface area contributed by atoms with E-state index in [1.165, 1.54) is 45.8 Å². The summed E-state index contributed by atoms with van der Waals surface area (Å²) < 4.78 is 10.4. The number of rotatable bonds is 12. The van der Waals surface area contributed by atoms with Crippen LogP contribution < -0.4 is 9.47 Å². The molecule has 0 aliphatic heterocycles. The Bertz CT molecular complexity index is 2990. The van der Waals surface area contributed by atoms with Crippen LogP contribution in [0.1, 0.15) is 164 Å². The number of esters is 2. The van der Waals surface area contributed by atoms with Crippen LogP contribution >= 0.6 is 0 Å². The van der Waals surface area contributed by atoms with E-state index >= 15 is 0 Å². The van der Waals surface area contributed by atoms with Gasteiger partial charge in [0.15, 0.2) is 0 Å². The summed E-state index contributed by atoms with van der Waals surface area (Å²) >= 11 is 0. The standard InChI is InChI=1S/2C15H18O.C13H18O3.C12H16O3.C12H18O/c1-4-15(2,3)13-7-5-12-10-14(16)8-6-11(12)9-13;1-4-15(2,3)13-9-10-14(16)12-8-6-5-7-11(12)13;1-5-13(3,4)12(15)16-10-6-7-11(14)9(2)8-10;1-4-12(2,3)11(14)15-10-7-5-9(13)6-8-10;1-5-12(3,4)11-7-6-10(13)8-9(11)2/h2*5-10,16H,4H2,1-3H3;6-8,14H,5H2,1-4H3;5-8,13H,4H2,1-3H3;6-8,13H,5H2,1-4H3. The minimum atomic E-state index is -0.480. The van der Waals surface area contributed by atoms with Gasteiger partial charge < -0.3 is 35.0 Å². The fraction of sp³-hybridized carbons (Fsp3) is 0.403. The van der Waals surface area contributed by atoms with Crippen LogP contribution in [-0.2, 0) is 25.8 Å². The molecule has 76 heavy (non-hydrogen) atoms. The van der Waals surface area contributed by atoms with Crippen molar-refractivity contribution < 1.29 is 44.6 Å². The minimum Gasteiger partial charge on any atom is -0.508 e. The normalized spacial score (nSPS) is 11.6. The average Bonchev–Trinajstić information content (AvgIpc) is 3.38. The summed E-state index contributed by atoms with van der Waals surface area (Å²) in [5.74, 6) is 1.84. The van der Waals surface area contributed by atoms with E-state index in [1.54, 1.807) is 55.5 Å². The predicted molar refractivity (Wildman–Crippen MR) is 314 cm³/mol. The van der Waals surface area contributed by atoms with E-state index in [0.29, 0.717) is 34.3 Å². The molecule has 0 bridgehead atoms. The van der Waals surface area contributed by atoms with Crippen molar-refractivity contribution in [1.82, 2.24) is 0 Å². The third-order valence-electron chi connectivity index (χ3n) is 15.1. The predicted octanol–water partition coefficient (Wildman–Crippen LogP) is 17.6. The zero-order valence-corrected chi connectivity index (χ0v) is 48.6. The first-order valence-corrected chi connectivity index (χ1v) is 26.7. The zero-order chi connectivity index (χ0) is 57.4. The van der Waals surface area contributed by atoms with Gasteiger partial charge >= 0.3 is 11.9 Å². The monoisotopic (exact) mass is 1040 g/mol. The Kier molecular flexibility index (Phi) is 22.6. The Morgan fingerprint density at radius 2 is 0.829 bits per heavy atom. The van der Waals surface area contributed by atoms with Crippen LogP contribution in [0.25, 0.3) is 21.5 Å². The van der Waals surface area contributed by atoms with Crippen LogP contribution in [0, 0.1) is 24.7 Å². The Hall–Kier alpha value is -7.00. The second-order valence-electron chi connectivity index (χ2n) is 22.8. The van der Waals surface area contributed by atoms with Crippen molar-refractivity contribution in [2.45, 2.75) is 166 Å². The van der Waals surface area contributed by atoms with Crippen LogP contribution in [0.3, 0.4) is 0 Å². The SMILES string of the molecule is CCC(C)(C)C(=O)Oc1ccc(O)c(C)c1.CCC(C)(C)C(=O)Oc1ccc(O)cc1.CCC(C)(C)c1ccc(O)c2ccccc12.CCC(C)(C)c1ccc(O)cc1C.CCC(C)(C)c1ccc2cc(O)ccc2c1. The van der Waals surface area contributed by atoms with Gasteiger partial charge in [-0.25, -0.2) is 0 Å². The molecule has 0 amide bonds. The van der Waals surface area contributed by atoms with Gasteiger partial charge in [-0.05, 0) is 207 Å². The topological polar surface area (TPSA) is 154 Å². The smallest absolute Gasteiger partial charge is 0.316 e. The van der Waals surface area contributed by atoms with Crippen LogP contribution in [0.2, 0.25) is 0 Å². The number of carbonyl (C=O) groups is 2. The van der Waals surface area contributed by atoms with Crippen LogP contribution in [0.4, 0.5) is 0 Å². The quantitative estimate of drug-likeness (QED) is 0.0594. The van der Waals surface area contributed by atoms with E-state index in [-0.39, 0.29) is 39.7 Å². The molecule has 7 aromatic carbocycles. The van der Waals surface area contributed by atoms with Gasteiger partial charge in [0.1, 0.15) is 40.2 Å². The molecule has 0 fully saturated rings. The van der Waals surface area contributed by atoms with Crippen molar-refractivity contribution >= 4 is 33.5 Å². The largest absolute Gasteiger partial charge is 0.508 e. The molecular weight excluding hydrogens is 949 g/mol. The van der Waals surface area contributed by atoms with Gasteiger partial charge in [-0.15, -0.1) is 0 Å². The molecule has 0 saturated carbocycles. The zero-order valence-electron chi connectivity index (χ0n) is 48.6. The highest BCUT2D eigenvalue weighted by Gasteiger charge is 2.29. The number of aromatic hydroxyl groups is 5. The molecular formula is C67H88O9. The maximum Gasteiger partial charge on any atom is 0.316 e. The molecule has 0 atom stereocenters. The van der Waals surface area contributed by atoms with Crippen LogP contribution in [0.15, 0.2) is 133 Å². The fourth-order valence-corrected chi connectivity index (χ4v) is 7.50. The first-order chi connectivity index (χ1) is 35.4. The maximum absolute atomic E-state index is 11.8. The third-order valence-corrected chi connectivity index (χ3v) is 15.1. The van der Waals surface area contributed by atoms with Gasteiger partial charge in [0.2, 0.25) is 0 Å². The summed E-state index contributed by atoms with van der Waals surface area (Å²) in [5.41, 5.74) is 5.47. The van der Waals surface area contributed by atoms with Gasteiger partial charge in [0.05, 0.1) is 10.8 Å². The number of hydrogen-bond donors (Lipinski definition) is 5. The Morgan fingerprint density at radius 1 is 0.395 bits per heavy atom. The van der Waals surface area contributed by atoms with E-state index in [2.05, 4.69) is 86.6 Å². The summed E-state index contributed by atoms with van der Waals surface area (Å²) in [6, 6.07) is 40.4. The summed E-state index contributed by atoms with van der Waals surface area (Å²) in [7, 11) is 0. The van der Waals surface area contributed by atoms with E-state index in [0.717, 1.165) is 48.3 Å². The van der Waals surface area contributed by atoms with Gasteiger partial charge in [0, 0.05) is 5.39 Å². The molecule has 0 spiro atoms. The average molecular weight is 1040 g/mol. The lowest BCUT2D eigenvalue weighted by molar-refractivity contribution is -0.144. The molecule has 9 nitrogen and oxygen atoms in total. The van der Waals surface area contributed by atoms with Crippen molar-refractivity contribution in [3.05, 3.63) is 161 Å². The molecule has 0 saturated heterocycles. The number of phenolic OH excluding ortho intramolecular Hbond substituents is 5. The molecule has 0 aliphatic carbocycles. The maximum atomic E-state index is 11.8. The van der Waals surface area contributed by atoms with Crippen molar-refractivity contribution in [3.63, 3.8) is 0 Å². The molecule has 7 aromatic rings.